The van der Waals surface area contributed by atoms with Crippen molar-refractivity contribution in [3.63, 3.8) is 0 Å². The fraction of sp³-hybridized carbons (Fsp3) is 0.394. The Hall–Kier alpha value is -3.60. The molecule has 0 fully saturated rings. The molecule has 5 nitrogen and oxygen atoms in total. The molecule has 5 heteroatoms. The van der Waals surface area contributed by atoms with Crippen LogP contribution >= 0.6 is 0 Å². The highest BCUT2D eigenvalue weighted by Gasteiger charge is 2.52. The zero-order valence-corrected chi connectivity index (χ0v) is 23.4. The summed E-state index contributed by atoms with van der Waals surface area (Å²) in [6.07, 6.45) is 6.45. The number of pyridine rings is 1. The van der Waals surface area contributed by atoms with Crippen LogP contribution in [0.2, 0.25) is 0 Å². The molecule has 0 amide bonds. The first-order valence-corrected chi connectivity index (χ1v) is 14.1. The molecule has 0 aliphatic carbocycles. The maximum Gasteiger partial charge on any atom is 0.358 e. The number of fused-ring (bicyclic) bond motifs is 2. The van der Waals surface area contributed by atoms with Crippen molar-refractivity contribution in [2.24, 2.45) is 0 Å². The molecular formula is C33H39N3O2. The smallest absolute Gasteiger partial charge is 0.358 e. The van der Waals surface area contributed by atoms with Gasteiger partial charge in [-0.05, 0) is 63.9 Å². The molecule has 1 aliphatic heterocycles. The van der Waals surface area contributed by atoms with Gasteiger partial charge in [-0.2, -0.15) is 0 Å². The van der Waals surface area contributed by atoms with Gasteiger partial charge in [0.05, 0.1) is 0 Å². The van der Waals surface area contributed by atoms with Crippen LogP contribution in [0.25, 0.3) is 10.9 Å². The fourth-order valence-electron chi connectivity index (χ4n) is 6.30. The number of aromatic nitrogens is 2. The van der Waals surface area contributed by atoms with Crippen LogP contribution in [0, 0.1) is 13.8 Å². The molecule has 0 radical (unpaired) electrons. The maximum atomic E-state index is 13.4. The number of cyclic esters (lactones) is 1. The molecule has 5 rings (SSSR count). The lowest BCUT2D eigenvalue weighted by Crippen LogP contribution is -2.32. The molecule has 0 saturated carbocycles. The number of benzene rings is 2. The van der Waals surface area contributed by atoms with Crippen LogP contribution in [0.1, 0.15) is 84.9 Å². The zero-order chi connectivity index (χ0) is 26.9. The Morgan fingerprint density at radius 2 is 1.71 bits per heavy atom. The van der Waals surface area contributed by atoms with Crippen LogP contribution in [0.4, 0.5) is 5.69 Å². The minimum Gasteiger partial charge on any atom is -0.439 e. The van der Waals surface area contributed by atoms with E-state index in [0.717, 1.165) is 59.4 Å². The second kappa shape index (κ2) is 10.6. The molecule has 3 heterocycles. The third kappa shape index (κ3) is 4.09. The molecule has 1 aliphatic rings. The van der Waals surface area contributed by atoms with E-state index in [1.165, 1.54) is 30.5 Å². The van der Waals surface area contributed by atoms with Gasteiger partial charge in [-0.25, -0.2) is 9.78 Å². The number of carbonyl (C=O) groups is 1. The summed E-state index contributed by atoms with van der Waals surface area (Å²) in [6, 6.07) is 19.0. The van der Waals surface area contributed by atoms with E-state index in [1.54, 1.807) is 6.20 Å². The number of para-hydroxylation sites is 1. The van der Waals surface area contributed by atoms with Crippen molar-refractivity contribution in [2.45, 2.75) is 72.4 Å². The van der Waals surface area contributed by atoms with E-state index in [4.69, 9.17) is 4.74 Å². The molecule has 2 aromatic heterocycles. The van der Waals surface area contributed by atoms with Crippen molar-refractivity contribution >= 4 is 22.6 Å². The lowest BCUT2D eigenvalue weighted by molar-refractivity contribution is 0.0249. The van der Waals surface area contributed by atoms with Gasteiger partial charge in [0.2, 0.25) is 0 Å². The van der Waals surface area contributed by atoms with Crippen LogP contribution < -0.4 is 4.90 Å². The minimum atomic E-state index is -1.06. The van der Waals surface area contributed by atoms with E-state index in [0.29, 0.717) is 5.69 Å². The number of anilines is 1. The summed E-state index contributed by atoms with van der Waals surface area (Å²) in [7, 11) is 0. The highest BCUT2D eigenvalue weighted by molar-refractivity contribution is 5.97. The SMILES string of the molecule is CCCCCCn1c(C)c(C2(c3ccc(N(CC)CC)cc3C)OC(=O)c3ncccc32)c2ccccc21. The van der Waals surface area contributed by atoms with Crippen molar-refractivity contribution in [3.8, 4) is 0 Å². The van der Waals surface area contributed by atoms with Gasteiger partial charge in [-0.1, -0.05) is 56.5 Å². The van der Waals surface area contributed by atoms with Crippen molar-refractivity contribution in [1.29, 1.82) is 0 Å². The van der Waals surface area contributed by atoms with Gasteiger partial charge in [0.15, 0.2) is 11.3 Å². The predicted molar refractivity (Wildman–Crippen MR) is 155 cm³/mol. The quantitative estimate of drug-likeness (QED) is 0.164. The fourth-order valence-corrected chi connectivity index (χ4v) is 6.30. The van der Waals surface area contributed by atoms with Crippen LogP contribution in [-0.2, 0) is 16.9 Å². The summed E-state index contributed by atoms with van der Waals surface area (Å²) in [5, 5.41) is 1.12. The van der Waals surface area contributed by atoms with E-state index >= 15 is 0 Å². The molecule has 38 heavy (non-hydrogen) atoms. The van der Waals surface area contributed by atoms with Gasteiger partial charge in [-0.15, -0.1) is 0 Å². The average Bonchev–Trinajstić information content (AvgIpc) is 3.38. The highest BCUT2D eigenvalue weighted by atomic mass is 16.6. The van der Waals surface area contributed by atoms with Crippen LogP contribution in [-0.4, -0.2) is 28.6 Å². The summed E-state index contributed by atoms with van der Waals surface area (Å²) in [6.45, 7) is 13.7. The Morgan fingerprint density at radius 1 is 0.921 bits per heavy atom. The van der Waals surface area contributed by atoms with Gasteiger partial charge in [0.1, 0.15) is 0 Å². The summed E-state index contributed by atoms with van der Waals surface area (Å²) in [5.74, 6) is -0.369. The Labute approximate surface area is 226 Å². The zero-order valence-electron chi connectivity index (χ0n) is 23.4. The normalized spacial score (nSPS) is 16.6. The molecule has 0 N–H and O–H groups in total. The van der Waals surface area contributed by atoms with Gasteiger partial charge >= 0.3 is 5.97 Å². The number of esters is 1. The minimum absolute atomic E-state index is 0.369. The van der Waals surface area contributed by atoms with Crippen molar-refractivity contribution in [1.82, 2.24) is 9.55 Å². The van der Waals surface area contributed by atoms with E-state index < -0.39 is 5.60 Å². The van der Waals surface area contributed by atoms with Crippen molar-refractivity contribution in [3.05, 3.63) is 94.4 Å². The average molecular weight is 510 g/mol. The number of hydrogen-bond donors (Lipinski definition) is 0. The Bertz CT molecular complexity index is 1470. The Kier molecular flexibility index (Phi) is 7.29. The molecule has 0 bridgehead atoms. The first-order chi connectivity index (χ1) is 18.5. The molecule has 0 spiro atoms. The summed E-state index contributed by atoms with van der Waals surface area (Å²) in [5.41, 5.74) is 6.79. The number of aryl methyl sites for hydroxylation is 2. The second-order valence-corrected chi connectivity index (χ2v) is 10.3. The van der Waals surface area contributed by atoms with Crippen LogP contribution in [0.3, 0.4) is 0 Å². The predicted octanol–water partition coefficient (Wildman–Crippen LogP) is 7.54. The second-order valence-electron chi connectivity index (χ2n) is 10.3. The molecule has 0 saturated heterocycles. The molecule has 4 aromatic rings. The number of ether oxygens (including phenoxy) is 1. The monoisotopic (exact) mass is 509 g/mol. The molecule has 2 aromatic carbocycles. The van der Waals surface area contributed by atoms with Crippen LogP contribution in [0.5, 0.6) is 0 Å². The van der Waals surface area contributed by atoms with Crippen molar-refractivity contribution in [2.75, 3.05) is 18.0 Å². The van der Waals surface area contributed by atoms with Gasteiger partial charge in [0.25, 0.3) is 0 Å². The Morgan fingerprint density at radius 3 is 2.45 bits per heavy atom. The highest BCUT2D eigenvalue weighted by Crippen LogP contribution is 2.51. The summed E-state index contributed by atoms with van der Waals surface area (Å²) < 4.78 is 8.96. The number of hydrogen-bond acceptors (Lipinski definition) is 4. The van der Waals surface area contributed by atoms with Gasteiger partial charge in [0, 0.05) is 64.8 Å². The lowest BCUT2D eigenvalue weighted by atomic mass is 9.77. The lowest BCUT2D eigenvalue weighted by Gasteiger charge is -2.33. The first-order valence-electron chi connectivity index (χ1n) is 14.1. The number of rotatable bonds is 10. The van der Waals surface area contributed by atoms with Gasteiger partial charge in [-0.3, -0.25) is 0 Å². The number of nitrogens with zero attached hydrogens (tertiary/aromatic N) is 3. The van der Waals surface area contributed by atoms with Crippen molar-refractivity contribution < 1.29 is 9.53 Å². The molecule has 1 unspecified atom stereocenters. The number of unbranched alkanes of at least 4 members (excludes halogenated alkanes) is 3. The topological polar surface area (TPSA) is 47.4 Å². The Balaban J connectivity index is 1.78. The molecule has 1 atom stereocenters. The maximum absolute atomic E-state index is 13.4. The van der Waals surface area contributed by atoms with Crippen LogP contribution in [0.15, 0.2) is 60.8 Å². The third-order valence-electron chi connectivity index (χ3n) is 8.16. The summed E-state index contributed by atoms with van der Waals surface area (Å²) >= 11 is 0. The van der Waals surface area contributed by atoms with E-state index in [2.05, 4.69) is 91.5 Å². The molecular weight excluding hydrogens is 470 g/mol. The van der Waals surface area contributed by atoms with E-state index in [1.807, 2.05) is 12.1 Å². The standard InChI is InChI=1S/C33H39N3O2/c1-6-9-10-13-21-36-24(5)30(26-15-11-12-17-29(26)36)33(28-16-14-20-34-31(28)32(37)38-33)27-19-18-25(22-23(27)4)35(7-2)8-3/h11-12,14-20,22H,6-10,13,21H2,1-5H3. The van der Waals surface area contributed by atoms with E-state index in [9.17, 15) is 4.79 Å². The van der Waals surface area contributed by atoms with Gasteiger partial charge < -0.3 is 14.2 Å². The largest absolute Gasteiger partial charge is 0.439 e. The molecule has 198 valence electrons. The first kappa shape index (κ1) is 26.0. The number of carbonyl (C=O) groups excluding carboxylic acids is 1. The third-order valence-corrected chi connectivity index (χ3v) is 8.16. The van der Waals surface area contributed by atoms with E-state index in [-0.39, 0.29) is 5.97 Å². The summed E-state index contributed by atoms with van der Waals surface area (Å²) in [4.78, 5) is 20.2.